The highest BCUT2D eigenvalue weighted by Gasteiger charge is 1.92. The second-order valence-corrected chi connectivity index (χ2v) is 4.57. The Morgan fingerprint density at radius 1 is 0.867 bits per heavy atom. The molecule has 0 spiro atoms. The molecule has 0 aromatic carbocycles. The summed E-state index contributed by atoms with van der Waals surface area (Å²) >= 11 is 3.45. The van der Waals surface area contributed by atoms with Crippen LogP contribution in [-0.2, 0) is 4.74 Å². The molecule has 0 unspecified atom stereocenters. The van der Waals surface area contributed by atoms with E-state index in [0.717, 1.165) is 18.4 Å². The lowest BCUT2D eigenvalue weighted by atomic mass is 10.1. The maximum atomic E-state index is 5.20. The van der Waals surface area contributed by atoms with Crippen LogP contribution in [0.5, 0.6) is 0 Å². The van der Waals surface area contributed by atoms with E-state index in [9.17, 15) is 0 Å². The van der Waals surface area contributed by atoms with Crippen LogP contribution >= 0.6 is 15.9 Å². The van der Waals surface area contributed by atoms with Crippen LogP contribution in [0.1, 0.15) is 51.4 Å². The van der Waals surface area contributed by atoms with Gasteiger partial charge in [0.1, 0.15) is 6.61 Å². The molecule has 0 heterocycles. The molecule has 15 heavy (non-hydrogen) atoms. The standard InChI is InChI=1S/C13H23BrO/c1-2-12-15-13-10-8-6-4-3-5-7-9-11-14/h1H,3-13H2. The maximum absolute atomic E-state index is 5.20. The molecule has 0 aromatic rings. The van der Waals surface area contributed by atoms with Crippen molar-refractivity contribution in [3.63, 3.8) is 0 Å². The molecule has 0 radical (unpaired) electrons. The van der Waals surface area contributed by atoms with Crippen LogP contribution in [0.4, 0.5) is 0 Å². The Morgan fingerprint density at radius 2 is 1.40 bits per heavy atom. The van der Waals surface area contributed by atoms with Crippen molar-refractivity contribution < 1.29 is 4.74 Å². The molecule has 0 aliphatic carbocycles. The Kier molecular flexibility index (Phi) is 14.0. The number of unbranched alkanes of at least 4 members (excludes halogenated alkanes) is 7. The normalized spacial score (nSPS) is 10.1. The molecule has 0 N–H and O–H groups in total. The van der Waals surface area contributed by atoms with Gasteiger partial charge in [0.25, 0.3) is 0 Å². The van der Waals surface area contributed by atoms with Gasteiger partial charge in [-0.2, -0.15) is 0 Å². The molecule has 0 amide bonds. The highest BCUT2D eigenvalue weighted by Crippen LogP contribution is 2.09. The fourth-order valence-corrected chi connectivity index (χ4v) is 1.89. The minimum Gasteiger partial charge on any atom is -0.369 e. The summed E-state index contributed by atoms with van der Waals surface area (Å²) in [6.45, 7) is 1.29. The third-order valence-corrected chi connectivity index (χ3v) is 2.92. The highest BCUT2D eigenvalue weighted by atomic mass is 79.9. The molecule has 0 bridgehead atoms. The third-order valence-electron chi connectivity index (χ3n) is 2.36. The van der Waals surface area contributed by atoms with Gasteiger partial charge in [-0.1, -0.05) is 60.4 Å². The van der Waals surface area contributed by atoms with Gasteiger partial charge < -0.3 is 4.74 Å². The van der Waals surface area contributed by atoms with E-state index in [0.29, 0.717) is 6.61 Å². The zero-order chi connectivity index (χ0) is 11.2. The lowest BCUT2D eigenvalue weighted by molar-refractivity contribution is 0.162. The number of ether oxygens (including phenoxy) is 1. The van der Waals surface area contributed by atoms with E-state index in [1.165, 1.54) is 44.9 Å². The highest BCUT2D eigenvalue weighted by molar-refractivity contribution is 9.09. The summed E-state index contributed by atoms with van der Waals surface area (Å²) in [4.78, 5) is 0. The molecule has 0 aromatic heterocycles. The molecule has 0 aliphatic heterocycles. The van der Waals surface area contributed by atoms with Gasteiger partial charge in [0, 0.05) is 11.9 Å². The molecule has 0 aliphatic rings. The van der Waals surface area contributed by atoms with E-state index >= 15 is 0 Å². The van der Waals surface area contributed by atoms with E-state index in [1.807, 2.05) is 0 Å². The molecule has 88 valence electrons. The van der Waals surface area contributed by atoms with Crippen molar-refractivity contribution in [2.24, 2.45) is 0 Å². The molecular weight excluding hydrogens is 252 g/mol. The summed E-state index contributed by atoms with van der Waals surface area (Å²) in [6.07, 6.45) is 15.7. The van der Waals surface area contributed by atoms with Gasteiger partial charge >= 0.3 is 0 Å². The van der Waals surface area contributed by atoms with Gasteiger partial charge in [0.05, 0.1) is 0 Å². The zero-order valence-corrected chi connectivity index (χ0v) is 11.2. The monoisotopic (exact) mass is 274 g/mol. The van der Waals surface area contributed by atoms with Crippen molar-refractivity contribution in [1.29, 1.82) is 0 Å². The first-order valence-corrected chi connectivity index (χ1v) is 7.11. The lowest BCUT2D eigenvalue weighted by Crippen LogP contribution is -1.94. The fraction of sp³-hybridized carbons (Fsp3) is 0.846. The first kappa shape index (κ1) is 15.0. The number of rotatable bonds is 11. The van der Waals surface area contributed by atoms with Crippen molar-refractivity contribution in [2.75, 3.05) is 18.5 Å². The van der Waals surface area contributed by atoms with Crippen molar-refractivity contribution >= 4 is 15.9 Å². The van der Waals surface area contributed by atoms with Crippen molar-refractivity contribution in [3.8, 4) is 12.3 Å². The van der Waals surface area contributed by atoms with Crippen LogP contribution < -0.4 is 0 Å². The largest absolute Gasteiger partial charge is 0.369 e. The second kappa shape index (κ2) is 14.0. The molecule has 0 saturated carbocycles. The van der Waals surface area contributed by atoms with Gasteiger partial charge in [-0.25, -0.2) is 0 Å². The quantitative estimate of drug-likeness (QED) is 0.312. The van der Waals surface area contributed by atoms with Crippen LogP contribution in [-0.4, -0.2) is 18.5 Å². The van der Waals surface area contributed by atoms with E-state index < -0.39 is 0 Å². The number of terminal acetylenes is 1. The molecule has 0 rings (SSSR count). The van der Waals surface area contributed by atoms with E-state index in [4.69, 9.17) is 11.2 Å². The zero-order valence-electron chi connectivity index (χ0n) is 9.64. The second-order valence-electron chi connectivity index (χ2n) is 3.77. The Hall–Kier alpha value is 0. The first-order chi connectivity index (χ1) is 7.41. The number of hydrogen-bond donors (Lipinski definition) is 0. The average Bonchev–Trinajstić information content (AvgIpc) is 2.26. The first-order valence-electron chi connectivity index (χ1n) is 5.99. The minimum atomic E-state index is 0.465. The van der Waals surface area contributed by atoms with Crippen LogP contribution in [0.25, 0.3) is 0 Å². The molecule has 0 saturated heterocycles. The van der Waals surface area contributed by atoms with E-state index in [1.54, 1.807) is 0 Å². The van der Waals surface area contributed by atoms with Crippen molar-refractivity contribution in [1.82, 2.24) is 0 Å². The Bertz CT molecular complexity index is 151. The molecular formula is C13H23BrO. The maximum Gasteiger partial charge on any atom is 0.107 e. The van der Waals surface area contributed by atoms with Gasteiger partial charge in [0.15, 0.2) is 0 Å². The third kappa shape index (κ3) is 14.0. The van der Waals surface area contributed by atoms with Crippen molar-refractivity contribution in [3.05, 3.63) is 0 Å². The van der Waals surface area contributed by atoms with Crippen LogP contribution in [0.3, 0.4) is 0 Å². The average molecular weight is 275 g/mol. The number of alkyl halides is 1. The number of hydrogen-bond acceptors (Lipinski definition) is 1. The summed E-state index contributed by atoms with van der Waals surface area (Å²) in [5, 5.41) is 1.15. The van der Waals surface area contributed by atoms with Crippen LogP contribution in [0.15, 0.2) is 0 Å². The van der Waals surface area contributed by atoms with Crippen LogP contribution in [0.2, 0.25) is 0 Å². The van der Waals surface area contributed by atoms with Crippen molar-refractivity contribution in [2.45, 2.75) is 51.4 Å². The van der Waals surface area contributed by atoms with E-state index in [-0.39, 0.29) is 0 Å². The summed E-state index contributed by atoms with van der Waals surface area (Å²) in [7, 11) is 0. The van der Waals surface area contributed by atoms with Gasteiger partial charge in [-0.05, 0) is 12.8 Å². The van der Waals surface area contributed by atoms with Crippen LogP contribution in [0, 0.1) is 12.3 Å². The molecule has 2 heteroatoms. The summed E-state index contributed by atoms with van der Waals surface area (Å²) in [5.74, 6) is 2.47. The Labute approximate surface area is 103 Å². The topological polar surface area (TPSA) is 9.23 Å². The summed E-state index contributed by atoms with van der Waals surface area (Å²) in [6, 6.07) is 0. The van der Waals surface area contributed by atoms with Gasteiger partial charge in [-0.15, -0.1) is 6.42 Å². The SMILES string of the molecule is C#CCOCCCCCCCCCCBr. The predicted octanol–water partition coefficient (Wildman–Crippen LogP) is 4.15. The lowest BCUT2D eigenvalue weighted by Gasteiger charge is -2.01. The minimum absolute atomic E-state index is 0.465. The summed E-state index contributed by atoms with van der Waals surface area (Å²) in [5.41, 5.74) is 0. The predicted molar refractivity (Wildman–Crippen MR) is 70.4 cm³/mol. The molecule has 0 atom stereocenters. The van der Waals surface area contributed by atoms with Gasteiger partial charge in [-0.3, -0.25) is 0 Å². The Balaban J connectivity index is 2.84. The van der Waals surface area contributed by atoms with E-state index in [2.05, 4.69) is 21.9 Å². The van der Waals surface area contributed by atoms with Gasteiger partial charge in [0.2, 0.25) is 0 Å². The molecule has 1 nitrogen and oxygen atoms in total. The molecule has 0 fully saturated rings. The summed E-state index contributed by atoms with van der Waals surface area (Å²) < 4.78 is 5.20. The smallest absolute Gasteiger partial charge is 0.107 e. The number of halogens is 1. The Morgan fingerprint density at radius 3 is 1.93 bits per heavy atom. The fourth-order valence-electron chi connectivity index (χ4n) is 1.49.